The number of benzene rings is 3. The van der Waals surface area contributed by atoms with Gasteiger partial charge in [0.05, 0.1) is 20.3 Å². The lowest BCUT2D eigenvalue weighted by molar-refractivity contribution is -0.128. The first-order valence-corrected chi connectivity index (χ1v) is 11.7. The number of hydrogen-bond donors (Lipinski definition) is 0. The molecule has 0 spiro atoms. The standard InChI is InChI=1S/C29H29N3O4/c1-21(23-12-8-5-9-13-23)32(28(33)17-14-22-10-6-4-7-11-22)19-18-27-30-29(31-36-27)24-15-16-25(34-2)26(20-24)35-3/h4-17,20-21H,18-19H2,1-3H3/b17-14+/t21-/m1/s1. The molecule has 0 radical (unpaired) electrons. The van der Waals surface area contributed by atoms with Gasteiger partial charge in [-0.25, -0.2) is 0 Å². The number of amides is 1. The molecule has 0 saturated heterocycles. The summed E-state index contributed by atoms with van der Waals surface area (Å²) in [6.45, 7) is 2.44. The summed E-state index contributed by atoms with van der Waals surface area (Å²) in [5.74, 6) is 2.02. The van der Waals surface area contributed by atoms with Crippen LogP contribution in [0.5, 0.6) is 11.5 Å². The van der Waals surface area contributed by atoms with Crippen LogP contribution in [-0.2, 0) is 11.2 Å². The van der Waals surface area contributed by atoms with Gasteiger partial charge in [-0.05, 0) is 42.3 Å². The van der Waals surface area contributed by atoms with Gasteiger partial charge in [-0.2, -0.15) is 4.98 Å². The predicted molar refractivity (Wildman–Crippen MR) is 139 cm³/mol. The molecule has 0 unspecified atom stereocenters. The van der Waals surface area contributed by atoms with Crippen LogP contribution in [-0.4, -0.2) is 41.7 Å². The van der Waals surface area contributed by atoms with Crippen molar-refractivity contribution in [1.82, 2.24) is 15.0 Å². The number of aromatic nitrogens is 2. The van der Waals surface area contributed by atoms with Crippen molar-refractivity contribution < 1.29 is 18.8 Å². The van der Waals surface area contributed by atoms with E-state index in [2.05, 4.69) is 10.1 Å². The molecule has 0 aliphatic carbocycles. The van der Waals surface area contributed by atoms with Gasteiger partial charge >= 0.3 is 0 Å². The molecule has 1 aromatic heterocycles. The molecule has 36 heavy (non-hydrogen) atoms. The van der Waals surface area contributed by atoms with Crippen LogP contribution in [0.15, 0.2) is 89.5 Å². The van der Waals surface area contributed by atoms with Crippen LogP contribution in [0.4, 0.5) is 0 Å². The lowest BCUT2D eigenvalue weighted by Crippen LogP contribution is -2.34. The molecule has 0 bridgehead atoms. The zero-order valence-electron chi connectivity index (χ0n) is 20.6. The zero-order chi connectivity index (χ0) is 25.3. The molecule has 7 heteroatoms. The molecule has 1 amide bonds. The van der Waals surface area contributed by atoms with E-state index in [1.54, 1.807) is 32.4 Å². The molecule has 4 aromatic rings. The second kappa shape index (κ2) is 11.8. The third-order valence-corrected chi connectivity index (χ3v) is 5.93. The number of rotatable bonds is 10. The molecule has 3 aromatic carbocycles. The maximum atomic E-state index is 13.3. The molecular weight excluding hydrogens is 454 g/mol. The van der Waals surface area contributed by atoms with Crippen LogP contribution in [0.25, 0.3) is 17.5 Å². The second-order valence-corrected chi connectivity index (χ2v) is 8.19. The number of methoxy groups -OCH3 is 2. The molecule has 0 aliphatic heterocycles. The normalized spacial score (nSPS) is 11.9. The summed E-state index contributed by atoms with van der Waals surface area (Å²) >= 11 is 0. The average Bonchev–Trinajstić information content (AvgIpc) is 3.41. The summed E-state index contributed by atoms with van der Waals surface area (Å²) in [7, 11) is 3.16. The van der Waals surface area contributed by atoms with E-state index < -0.39 is 0 Å². The molecule has 1 heterocycles. The Morgan fingerprint density at radius 1 is 0.972 bits per heavy atom. The monoisotopic (exact) mass is 483 g/mol. The third kappa shape index (κ3) is 5.99. The Balaban J connectivity index is 1.51. The van der Waals surface area contributed by atoms with Crippen LogP contribution in [0.2, 0.25) is 0 Å². The maximum absolute atomic E-state index is 13.3. The van der Waals surface area contributed by atoms with E-state index in [9.17, 15) is 4.79 Å². The van der Waals surface area contributed by atoms with Crippen molar-refractivity contribution in [3.63, 3.8) is 0 Å². The van der Waals surface area contributed by atoms with Crippen LogP contribution >= 0.6 is 0 Å². The van der Waals surface area contributed by atoms with Gasteiger partial charge in [-0.15, -0.1) is 0 Å². The fraction of sp³-hybridized carbons (Fsp3) is 0.207. The molecule has 0 saturated carbocycles. The van der Waals surface area contributed by atoms with Gasteiger partial charge in [0, 0.05) is 24.6 Å². The predicted octanol–water partition coefficient (Wildman–Crippen LogP) is 5.60. The highest BCUT2D eigenvalue weighted by molar-refractivity contribution is 5.92. The van der Waals surface area contributed by atoms with Crippen molar-refractivity contribution in [1.29, 1.82) is 0 Å². The molecule has 7 nitrogen and oxygen atoms in total. The topological polar surface area (TPSA) is 77.7 Å². The summed E-state index contributed by atoms with van der Waals surface area (Å²) in [5, 5.41) is 4.12. The van der Waals surface area contributed by atoms with Crippen molar-refractivity contribution in [2.45, 2.75) is 19.4 Å². The summed E-state index contributed by atoms with van der Waals surface area (Å²) < 4.78 is 16.2. The minimum atomic E-state index is -0.132. The lowest BCUT2D eigenvalue weighted by Gasteiger charge is -2.28. The van der Waals surface area contributed by atoms with E-state index in [1.807, 2.05) is 84.6 Å². The van der Waals surface area contributed by atoms with Crippen molar-refractivity contribution in [3.05, 3.63) is 102 Å². The average molecular weight is 484 g/mol. The van der Waals surface area contributed by atoms with Crippen LogP contribution in [0.1, 0.15) is 30.0 Å². The lowest BCUT2D eigenvalue weighted by atomic mass is 10.1. The van der Waals surface area contributed by atoms with E-state index in [0.29, 0.717) is 36.2 Å². The van der Waals surface area contributed by atoms with Crippen molar-refractivity contribution >= 4 is 12.0 Å². The highest BCUT2D eigenvalue weighted by atomic mass is 16.5. The minimum Gasteiger partial charge on any atom is -0.493 e. The van der Waals surface area contributed by atoms with Crippen LogP contribution in [0.3, 0.4) is 0 Å². The zero-order valence-corrected chi connectivity index (χ0v) is 20.6. The molecule has 0 aliphatic rings. The van der Waals surface area contributed by atoms with Crippen molar-refractivity contribution in [2.24, 2.45) is 0 Å². The second-order valence-electron chi connectivity index (χ2n) is 8.19. The summed E-state index contributed by atoms with van der Waals surface area (Å²) in [5.41, 5.74) is 2.77. The molecule has 0 fully saturated rings. The van der Waals surface area contributed by atoms with Gasteiger partial charge < -0.3 is 18.9 Å². The van der Waals surface area contributed by atoms with Gasteiger partial charge in [-0.3, -0.25) is 4.79 Å². The first-order valence-electron chi connectivity index (χ1n) is 11.7. The van der Waals surface area contributed by atoms with Gasteiger partial charge in [0.1, 0.15) is 0 Å². The number of nitrogens with zero attached hydrogens (tertiary/aromatic N) is 3. The van der Waals surface area contributed by atoms with Gasteiger partial charge in [-0.1, -0.05) is 65.8 Å². The number of carbonyl (C=O) groups excluding carboxylic acids is 1. The highest BCUT2D eigenvalue weighted by Crippen LogP contribution is 2.31. The van der Waals surface area contributed by atoms with Crippen molar-refractivity contribution in [2.75, 3.05) is 20.8 Å². The maximum Gasteiger partial charge on any atom is 0.247 e. The van der Waals surface area contributed by atoms with E-state index in [4.69, 9.17) is 14.0 Å². The Bertz CT molecular complexity index is 1300. The highest BCUT2D eigenvalue weighted by Gasteiger charge is 2.21. The number of hydrogen-bond acceptors (Lipinski definition) is 6. The third-order valence-electron chi connectivity index (χ3n) is 5.93. The molecular formula is C29H29N3O4. The quantitative estimate of drug-likeness (QED) is 0.273. The smallest absolute Gasteiger partial charge is 0.247 e. The molecule has 184 valence electrons. The SMILES string of the molecule is COc1ccc(-c2noc(CCN(C(=O)/C=C/c3ccccc3)[C@H](C)c3ccccc3)n2)cc1OC. The number of ether oxygens (including phenoxy) is 2. The van der Waals surface area contributed by atoms with E-state index in [0.717, 1.165) is 16.7 Å². The molecule has 4 rings (SSSR count). The first-order chi connectivity index (χ1) is 17.6. The fourth-order valence-corrected chi connectivity index (χ4v) is 3.90. The Hall–Kier alpha value is -4.39. The summed E-state index contributed by atoms with van der Waals surface area (Å²) in [6.07, 6.45) is 3.86. The Kier molecular flexibility index (Phi) is 8.13. The van der Waals surface area contributed by atoms with E-state index in [1.165, 1.54) is 0 Å². The fourth-order valence-electron chi connectivity index (χ4n) is 3.90. The summed E-state index contributed by atoms with van der Waals surface area (Å²) in [4.78, 5) is 19.6. The van der Waals surface area contributed by atoms with Crippen LogP contribution in [0, 0.1) is 0 Å². The van der Waals surface area contributed by atoms with Gasteiger partial charge in [0.15, 0.2) is 11.5 Å². The number of carbonyl (C=O) groups is 1. The molecule has 1 atom stereocenters. The minimum absolute atomic E-state index is 0.0881. The van der Waals surface area contributed by atoms with Gasteiger partial charge in [0.2, 0.25) is 17.6 Å². The van der Waals surface area contributed by atoms with E-state index in [-0.39, 0.29) is 11.9 Å². The van der Waals surface area contributed by atoms with E-state index >= 15 is 0 Å². The molecule has 0 N–H and O–H groups in total. The Morgan fingerprint density at radius 2 is 1.67 bits per heavy atom. The Labute approximate surface area is 211 Å². The summed E-state index contributed by atoms with van der Waals surface area (Å²) in [6, 6.07) is 25.0. The Morgan fingerprint density at radius 3 is 2.36 bits per heavy atom. The van der Waals surface area contributed by atoms with Crippen LogP contribution < -0.4 is 9.47 Å². The largest absolute Gasteiger partial charge is 0.493 e. The first kappa shape index (κ1) is 24.7. The van der Waals surface area contributed by atoms with Gasteiger partial charge in [0.25, 0.3) is 0 Å². The van der Waals surface area contributed by atoms with Crippen molar-refractivity contribution in [3.8, 4) is 22.9 Å².